The quantitative estimate of drug-likeness (QED) is 0.620. The molecular weight excluding hydrogens is 294 g/mol. The first-order chi connectivity index (χ1) is 8.97. The van der Waals surface area contributed by atoms with Gasteiger partial charge in [0.1, 0.15) is 18.1 Å². The van der Waals surface area contributed by atoms with Crippen LogP contribution in [-0.4, -0.2) is 45.8 Å². The van der Waals surface area contributed by atoms with Crippen molar-refractivity contribution in [2.24, 2.45) is 5.10 Å². The maximum atomic E-state index is 10.6. The molecule has 0 amide bonds. The van der Waals surface area contributed by atoms with Crippen molar-refractivity contribution in [3.63, 3.8) is 0 Å². The fraction of sp³-hybridized carbons (Fsp3) is 0.556. The molecule has 1 aliphatic heterocycles. The summed E-state index contributed by atoms with van der Waals surface area (Å²) in [6.07, 6.45) is 1.33. The molecule has 1 atom stereocenters. The van der Waals surface area contributed by atoms with Crippen LogP contribution in [0.2, 0.25) is 4.47 Å². The molecule has 2 heterocycles. The van der Waals surface area contributed by atoms with Gasteiger partial charge < -0.3 is 14.5 Å². The summed E-state index contributed by atoms with van der Waals surface area (Å²) in [6, 6.07) is 0. The van der Waals surface area contributed by atoms with E-state index >= 15 is 0 Å². The third-order valence-corrected chi connectivity index (χ3v) is 3.67. The SMILES string of the molecule is CC1OCN(C)C(=N[N+](=O)[O-])N1Cc1cnc(Cl)s1. The summed E-state index contributed by atoms with van der Waals surface area (Å²) >= 11 is 7.09. The Bertz CT molecular complexity index is 508. The largest absolute Gasteiger partial charge is 0.338 e. The van der Waals surface area contributed by atoms with Crippen LogP contribution in [0.15, 0.2) is 11.3 Å². The van der Waals surface area contributed by atoms with Crippen molar-refractivity contribution in [3.8, 4) is 0 Å². The van der Waals surface area contributed by atoms with E-state index in [1.165, 1.54) is 11.3 Å². The number of hydrogen-bond donors (Lipinski definition) is 0. The van der Waals surface area contributed by atoms with Crippen molar-refractivity contribution in [2.45, 2.75) is 19.7 Å². The van der Waals surface area contributed by atoms with E-state index in [2.05, 4.69) is 10.1 Å². The summed E-state index contributed by atoms with van der Waals surface area (Å²) in [5, 5.41) is 13.3. The Balaban J connectivity index is 2.24. The molecule has 0 N–H and O–H groups in total. The number of guanidine groups is 1. The van der Waals surface area contributed by atoms with Gasteiger partial charge in [-0.05, 0) is 6.92 Å². The van der Waals surface area contributed by atoms with Gasteiger partial charge >= 0.3 is 0 Å². The van der Waals surface area contributed by atoms with Crippen LogP contribution in [0.1, 0.15) is 11.8 Å². The van der Waals surface area contributed by atoms with Crippen LogP contribution < -0.4 is 0 Å². The van der Waals surface area contributed by atoms with Gasteiger partial charge in [0.15, 0.2) is 9.50 Å². The van der Waals surface area contributed by atoms with E-state index in [4.69, 9.17) is 16.3 Å². The lowest BCUT2D eigenvalue weighted by atomic mass is 10.4. The Morgan fingerprint density at radius 3 is 3.11 bits per heavy atom. The monoisotopic (exact) mass is 305 g/mol. The summed E-state index contributed by atoms with van der Waals surface area (Å²) < 4.78 is 5.93. The zero-order valence-electron chi connectivity index (χ0n) is 10.3. The van der Waals surface area contributed by atoms with E-state index in [1.54, 1.807) is 23.0 Å². The van der Waals surface area contributed by atoms with Crippen LogP contribution >= 0.6 is 22.9 Å². The first-order valence-electron chi connectivity index (χ1n) is 5.40. The number of aromatic nitrogens is 1. The number of nitrogens with zero attached hydrogens (tertiary/aromatic N) is 5. The third-order valence-electron chi connectivity index (χ3n) is 2.57. The number of thiazole rings is 1. The molecule has 0 spiro atoms. The Morgan fingerprint density at radius 2 is 2.53 bits per heavy atom. The van der Waals surface area contributed by atoms with Crippen molar-refractivity contribution < 1.29 is 9.77 Å². The molecule has 8 nitrogen and oxygen atoms in total. The van der Waals surface area contributed by atoms with Crippen LogP contribution in [0.4, 0.5) is 0 Å². The second-order valence-corrected chi connectivity index (χ2v) is 5.64. The highest BCUT2D eigenvalue weighted by molar-refractivity contribution is 7.15. The lowest BCUT2D eigenvalue weighted by Gasteiger charge is -2.39. The number of halogens is 1. The molecular formula is C9H12ClN5O3S. The normalized spacial score (nSPS) is 22.1. The van der Waals surface area contributed by atoms with Crippen molar-refractivity contribution in [1.82, 2.24) is 14.8 Å². The van der Waals surface area contributed by atoms with Crippen LogP contribution in [0.25, 0.3) is 0 Å². The van der Waals surface area contributed by atoms with Crippen molar-refractivity contribution >= 4 is 28.9 Å². The number of hydrogen-bond acceptors (Lipinski definition) is 5. The minimum absolute atomic E-state index is 0.258. The van der Waals surface area contributed by atoms with Crippen LogP contribution in [0.5, 0.6) is 0 Å². The van der Waals surface area contributed by atoms with E-state index in [1.807, 2.05) is 6.92 Å². The molecule has 10 heteroatoms. The zero-order chi connectivity index (χ0) is 14.0. The predicted octanol–water partition coefficient (Wildman–Crippen LogP) is 1.41. The Kier molecular flexibility index (Phi) is 4.17. The molecule has 0 radical (unpaired) electrons. The van der Waals surface area contributed by atoms with E-state index in [0.717, 1.165) is 4.88 Å². The Morgan fingerprint density at radius 1 is 1.79 bits per heavy atom. The molecule has 1 aromatic rings. The van der Waals surface area contributed by atoms with Gasteiger partial charge in [-0.15, -0.1) is 11.3 Å². The van der Waals surface area contributed by atoms with Crippen LogP contribution in [0.3, 0.4) is 0 Å². The van der Waals surface area contributed by atoms with E-state index < -0.39 is 5.03 Å². The molecule has 2 rings (SSSR count). The van der Waals surface area contributed by atoms with E-state index in [0.29, 0.717) is 11.0 Å². The average molecular weight is 306 g/mol. The summed E-state index contributed by atoms with van der Waals surface area (Å²) in [5.74, 6) is 0.258. The Labute approximate surface area is 118 Å². The van der Waals surface area contributed by atoms with Gasteiger partial charge in [0.2, 0.25) is 0 Å². The smallest absolute Gasteiger partial charge is 0.277 e. The molecule has 0 saturated carbocycles. The molecule has 19 heavy (non-hydrogen) atoms. The van der Waals surface area contributed by atoms with Gasteiger partial charge in [-0.2, -0.15) is 0 Å². The topological polar surface area (TPSA) is 84.1 Å². The second kappa shape index (κ2) is 5.68. The van der Waals surface area contributed by atoms with E-state index in [-0.39, 0.29) is 18.9 Å². The van der Waals surface area contributed by atoms with Gasteiger partial charge in [0, 0.05) is 18.1 Å². The molecule has 1 aromatic heterocycles. The van der Waals surface area contributed by atoms with Gasteiger partial charge in [0.25, 0.3) is 5.96 Å². The fourth-order valence-corrected chi connectivity index (χ4v) is 2.66. The minimum Gasteiger partial charge on any atom is -0.338 e. The maximum absolute atomic E-state index is 10.6. The lowest BCUT2D eigenvalue weighted by molar-refractivity contribution is -0.487. The second-order valence-electron chi connectivity index (χ2n) is 3.94. The van der Waals surface area contributed by atoms with Crippen molar-refractivity contribution in [3.05, 3.63) is 25.7 Å². The summed E-state index contributed by atoms with van der Waals surface area (Å²) in [4.78, 5) is 18.7. The van der Waals surface area contributed by atoms with Crippen molar-refractivity contribution in [2.75, 3.05) is 13.8 Å². The van der Waals surface area contributed by atoms with Crippen molar-refractivity contribution in [1.29, 1.82) is 0 Å². The minimum atomic E-state index is -0.712. The highest BCUT2D eigenvalue weighted by atomic mass is 35.5. The van der Waals surface area contributed by atoms with Crippen LogP contribution in [-0.2, 0) is 11.3 Å². The molecule has 1 fully saturated rings. The highest BCUT2D eigenvalue weighted by Crippen LogP contribution is 2.22. The summed E-state index contributed by atoms with van der Waals surface area (Å²) in [6.45, 7) is 2.47. The first-order valence-corrected chi connectivity index (χ1v) is 6.59. The van der Waals surface area contributed by atoms with E-state index in [9.17, 15) is 10.1 Å². The average Bonchev–Trinajstić information content (AvgIpc) is 2.74. The third kappa shape index (κ3) is 3.31. The number of hydrazone groups is 1. The maximum Gasteiger partial charge on any atom is 0.277 e. The number of ether oxygens (including phenoxy) is 1. The van der Waals surface area contributed by atoms with Gasteiger partial charge in [-0.1, -0.05) is 11.6 Å². The molecule has 1 saturated heterocycles. The standard InChI is InChI=1S/C9H12ClN5O3S/c1-6-14(4-7-3-11-8(10)19-7)9(12-15(16)17)13(2)5-18-6/h3,6H,4-5H2,1-2H3. The van der Waals surface area contributed by atoms with Gasteiger partial charge in [0.05, 0.1) is 6.54 Å². The molecule has 1 aliphatic rings. The first kappa shape index (κ1) is 14.0. The molecule has 0 aliphatic carbocycles. The van der Waals surface area contributed by atoms with Crippen LogP contribution in [0, 0.1) is 10.1 Å². The van der Waals surface area contributed by atoms with Gasteiger partial charge in [-0.3, -0.25) is 0 Å². The lowest BCUT2D eigenvalue weighted by Crippen LogP contribution is -2.53. The highest BCUT2D eigenvalue weighted by Gasteiger charge is 2.30. The molecule has 0 bridgehead atoms. The number of rotatable bonds is 3. The number of nitro groups is 1. The fourth-order valence-electron chi connectivity index (χ4n) is 1.68. The van der Waals surface area contributed by atoms with Gasteiger partial charge in [-0.25, -0.2) is 15.1 Å². The summed E-state index contributed by atoms with van der Waals surface area (Å²) in [5.41, 5.74) is 0. The molecule has 1 unspecified atom stereocenters. The predicted molar refractivity (Wildman–Crippen MR) is 70.3 cm³/mol. The zero-order valence-corrected chi connectivity index (χ0v) is 11.9. The molecule has 0 aromatic carbocycles. The summed E-state index contributed by atoms with van der Waals surface area (Å²) in [7, 11) is 1.68. The molecule has 104 valence electrons. The Hall–Kier alpha value is -1.45.